The Labute approximate surface area is 181 Å². The number of H-pyrrole nitrogens is 2. The fraction of sp³-hybridized carbons (Fsp3) is 0.273. The van der Waals surface area contributed by atoms with Gasteiger partial charge in [0.15, 0.2) is 0 Å². The predicted octanol–water partition coefficient (Wildman–Crippen LogP) is 1.90. The second-order valence-electron chi connectivity index (χ2n) is 7.91. The summed E-state index contributed by atoms with van der Waals surface area (Å²) in [6, 6.07) is 14.1. The van der Waals surface area contributed by atoms with Crippen molar-refractivity contribution in [2.24, 2.45) is 0 Å². The highest BCUT2D eigenvalue weighted by Gasteiger charge is 2.19. The quantitative estimate of drug-likeness (QED) is 0.366. The number of aromatic nitrogens is 3. The van der Waals surface area contributed by atoms with Crippen LogP contribution in [0.25, 0.3) is 21.9 Å². The number of aromatic amines is 2. The molecule has 0 radical (unpaired) electrons. The minimum atomic E-state index is -0.406. The topological polar surface area (TPSA) is 120 Å². The molecule has 0 spiro atoms. The smallest absolute Gasteiger partial charge is 0.328 e. The zero-order chi connectivity index (χ0) is 22.2. The Morgan fingerprint density at radius 2 is 1.59 bits per heavy atom. The Kier molecular flexibility index (Phi) is 4.98. The normalized spacial score (nSPS) is 14.9. The second kappa shape index (κ2) is 7.97. The number of nitro benzene ring substituents is 1. The molecule has 2 aromatic heterocycles. The lowest BCUT2D eigenvalue weighted by Crippen LogP contribution is -2.48. The zero-order valence-electron chi connectivity index (χ0n) is 17.3. The maximum absolute atomic E-state index is 12.9. The first-order valence-corrected chi connectivity index (χ1v) is 10.5. The summed E-state index contributed by atoms with van der Waals surface area (Å²) in [7, 11) is 0. The van der Waals surface area contributed by atoms with E-state index in [2.05, 4.69) is 19.8 Å². The highest BCUT2D eigenvalue weighted by Crippen LogP contribution is 2.21. The highest BCUT2D eigenvalue weighted by atomic mass is 16.6. The fourth-order valence-corrected chi connectivity index (χ4v) is 4.29. The first-order chi connectivity index (χ1) is 15.5. The van der Waals surface area contributed by atoms with Gasteiger partial charge in [0.25, 0.3) is 11.2 Å². The van der Waals surface area contributed by atoms with Gasteiger partial charge in [-0.05, 0) is 18.2 Å². The van der Waals surface area contributed by atoms with Gasteiger partial charge < -0.3 is 14.9 Å². The van der Waals surface area contributed by atoms with Crippen molar-refractivity contribution in [3.8, 4) is 0 Å². The average Bonchev–Trinajstić information content (AvgIpc) is 3.18. The second-order valence-corrected chi connectivity index (χ2v) is 7.91. The van der Waals surface area contributed by atoms with Crippen LogP contribution in [0.5, 0.6) is 0 Å². The molecule has 4 aromatic rings. The third-order valence-electron chi connectivity index (χ3n) is 6.08. The van der Waals surface area contributed by atoms with E-state index in [0.29, 0.717) is 24.1 Å². The van der Waals surface area contributed by atoms with Crippen LogP contribution >= 0.6 is 0 Å². The van der Waals surface area contributed by atoms with Crippen LogP contribution in [0.2, 0.25) is 0 Å². The maximum Gasteiger partial charge on any atom is 0.328 e. The average molecular weight is 434 g/mol. The summed E-state index contributed by atoms with van der Waals surface area (Å²) in [6.45, 7) is 3.98. The third kappa shape index (κ3) is 3.54. The summed E-state index contributed by atoms with van der Waals surface area (Å²) in [5, 5.41) is 11.6. The van der Waals surface area contributed by atoms with E-state index in [-0.39, 0.29) is 11.2 Å². The molecule has 1 aliphatic heterocycles. The van der Waals surface area contributed by atoms with E-state index in [1.54, 1.807) is 12.1 Å². The fourth-order valence-electron chi connectivity index (χ4n) is 4.29. The summed E-state index contributed by atoms with van der Waals surface area (Å²) in [5.74, 6) is 0. The molecule has 0 atom stereocenters. The number of nitrogens with one attached hydrogen (secondary N) is 2. The number of hydrogen-bond acceptors (Lipinski definition) is 6. The van der Waals surface area contributed by atoms with Gasteiger partial charge in [0.2, 0.25) is 0 Å². The molecule has 0 unspecified atom stereocenters. The van der Waals surface area contributed by atoms with Crippen LogP contribution in [-0.2, 0) is 6.54 Å². The molecule has 32 heavy (non-hydrogen) atoms. The van der Waals surface area contributed by atoms with E-state index >= 15 is 0 Å². The number of rotatable bonds is 5. The van der Waals surface area contributed by atoms with Crippen LogP contribution < -0.4 is 16.1 Å². The van der Waals surface area contributed by atoms with E-state index in [4.69, 9.17) is 0 Å². The number of fused-ring (bicyclic) bond motifs is 3. The van der Waals surface area contributed by atoms with Gasteiger partial charge >= 0.3 is 5.69 Å². The lowest BCUT2D eigenvalue weighted by atomic mass is 10.2. The van der Waals surface area contributed by atoms with E-state index in [1.807, 2.05) is 24.3 Å². The van der Waals surface area contributed by atoms with Gasteiger partial charge in [0.1, 0.15) is 5.52 Å². The van der Waals surface area contributed by atoms with Crippen LogP contribution in [0, 0.1) is 10.1 Å². The van der Waals surface area contributed by atoms with Crippen LogP contribution in [0.15, 0.2) is 58.1 Å². The van der Waals surface area contributed by atoms with Crippen molar-refractivity contribution < 1.29 is 4.92 Å². The summed E-state index contributed by atoms with van der Waals surface area (Å²) in [6.07, 6.45) is 0. The minimum absolute atomic E-state index is 0.0787. The van der Waals surface area contributed by atoms with Gasteiger partial charge in [-0.25, -0.2) is 4.79 Å². The standard InChI is InChI=1S/C22H22N6O4/c29-21-20-19(17-3-1-2-4-18(17)23-20)24-22(30)27(21)14-11-25-9-12-26(13-10-25)15-5-7-16(8-6-15)28(31)32/h1-8,23H,9-14H2,(H,24,30). The van der Waals surface area contributed by atoms with Crippen molar-refractivity contribution in [1.82, 2.24) is 19.4 Å². The number of nitro groups is 1. The number of hydrogen-bond donors (Lipinski definition) is 2. The van der Waals surface area contributed by atoms with Gasteiger partial charge in [0.05, 0.1) is 10.4 Å². The summed E-state index contributed by atoms with van der Waals surface area (Å²) in [5.41, 5.74) is 2.08. The summed E-state index contributed by atoms with van der Waals surface area (Å²) < 4.78 is 1.25. The van der Waals surface area contributed by atoms with Crippen molar-refractivity contribution in [3.05, 3.63) is 79.5 Å². The maximum atomic E-state index is 12.9. The van der Waals surface area contributed by atoms with Crippen molar-refractivity contribution in [2.75, 3.05) is 37.6 Å². The first-order valence-electron chi connectivity index (χ1n) is 10.5. The molecule has 0 saturated carbocycles. The Morgan fingerprint density at radius 3 is 2.31 bits per heavy atom. The SMILES string of the molecule is O=c1[nH]c2c([nH]c3ccccc32)c(=O)n1CCN1CCN(c2ccc([N+](=O)[O-])cc2)CC1. The first kappa shape index (κ1) is 20.0. The van der Waals surface area contributed by atoms with Crippen molar-refractivity contribution in [1.29, 1.82) is 0 Å². The molecule has 1 saturated heterocycles. The van der Waals surface area contributed by atoms with Gasteiger partial charge in [-0.2, -0.15) is 0 Å². The zero-order valence-corrected chi connectivity index (χ0v) is 17.3. The number of non-ortho nitro benzene ring substituents is 1. The van der Waals surface area contributed by atoms with Crippen molar-refractivity contribution in [3.63, 3.8) is 0 Å². The van der Waals surface area contributed by atoms with Gasteiger partial charge in [0, 0.05) is 68.0 Å². The number of anilines is 1. The van der Waals surface area contributed by atoms with Crippen molar-refractivity contribution in [2.45, 2.75) is 6.54 Å². The Bertz CT molecular complexity index is 1410. The van der Waals surface area contributed by atoms with Gasteiger partial charge in [-0.3, -0.25) is 24.4 Å². The molecule has 1 aliphatic rings. The van der Waals surface area contributed by atoms with Gasteiger partial charge in [-0.15, -0.1) is 0 Å². The molecule has 5 rings (SSSR count). The monoisotopic (exact) mass is 434 g/mol. The lowest BCUT2D eigenvalue weighted by Gasteiger charge is -2.36. The van der Waals surface area contributed by atoms with Crippen LogP contribution in [0.3, 0.4) is 0 Å². The number of nitrogens with zero attached hydrogens (tertiary/aromatic N) is 4. The molecule has 1 fully saturated rings. The molecule has 164 valence electrons. The van der Waals surface area contributed by atoms with Crippen LogP contribution in [0.1, 0.15) is 0 Å². The van der Waals surface area contributed by atoms with E-state index < -0.39 is 10.6 Å². The molecular formula is C22H22N6O4. The molecule has 2 N–H and O–H groups in total. The lowest BCUT2D eigenvalue weighted by molar-refractivity contribution is -0.384. The largest absolute Gasteiger partial charge is 0.369 e. The number of piperazine rings is 1. The van der Waals surface area contributed by atoms with Crippen molar-refractivity contribution >= 4 is 33.3 Å². The number of benzene rings is 2. The minimum Gasteiger partial charge on any atom is -0.369 e. The van der Waals surface area contributed by atoms with E-state index in [9.17, 15) is 19.7 Å². The molecule has 0 amide bonds. The van der Waals surface area contributed by atoms with Crippen LogP contribution in [0.4, 0.5) is 11.4 Å². The Hall–Kier alpha value is -3.92. The number of para-hydroxylation sites is 1. The van der Waals surface area contributed by atoms with Gasteiger partial charge in [-0.1, -0.05) is 18.2 Å². The highest BCUT2D eigenvalue weighted by molar-refractivity contribution is 6.04. The molecule has 10 nitrogen and oxygen atoms in total. The third-order valence-corrected chi connectivity index (χ3v) is 6.08. The van der Waals surface area contributed by atoms with E-state index in [0.717, 1.165) is 42.8 Å². The molecular weight excluding hydrogens is 412 g/mol. The van der Waals surface area contributed by atoms with Crippen LogP contribution in [-0.4, -0.2) is 57.1 Å². The Morgan fingerprint density at radius 1 is 0.875 bits per heavy atom. The summed E-state index contributed by atoms with van der Waals surface area (Å²) in [4.78, 5) is 46.3. The van der Waals surface area contributed by atoms with E-state index in [1.165, 1.54) is 16.7 Å². The molecule has 0 aliphatic carbocycles. The molecule has 2 aromatic carbocycles. The molecule has 3 heterocycles. The summed E-state index contributed by atoms with van der Waals surface area (Å²) >= 11 is 0. The molecule has 10 heteroatoms. The predicted molar refractivity (Wildman–Crippen MR) is 122 cm³/mol. The molecule has 0 bridgehead atoms. The Balaban J connectivity index is 1.26.